The molecule has 7 nitrogen and oxygen atoms in total. The van der Waals surface area contributed by atoms with Crippen molar-refractivity contribution in [1.82, 2.24) is 19.4 Å². The summed E-state index contributed by atoms with van der Waals surface area (Å²) >= 11 is 0. The second-order valence-corrected chi connectivity index (χ2v) is 9.35. The predicted molar refractivity (Wildman–Crippen MR) is 142 cm³/mol. The van der Waals surface area contributed by atoms with Gasteiger partial charge >= 0.3 is 0 Å². The minimum absolute atomic E-state index is 0.144. The summed E-state index contributed by atoms with van der Waals surface area (Å²) < 4.78 is 2.15. The van der Waals surface area contributed by atoms with Crippen LogP contribution in [0, 0.1) is 13.8 Å². The van der Waals surface area contributed by atoms with E-state index < -0.39 is 0 Å². The first-order valence-corrected chi connectivity index (χ1v) is 12.1. The number of fused-ring (bicyclic) bond motifs is 1. The third-order valence-electron chi connectivity index (χ3n) is 6.50. The van der Waals surface area contributed by atoms with Gasteiger partial charge in [0.15, 0.2) is 11.5 Å². The number of aromatic nitrogens is 4. The topological polar surface area (TPSA) is 84.2 Å². The van der Waals surface area contributed by atoms with Crippen LogP contribution in [0.4, 0.5) is 17.2 Å². The van der Waals surface area contributed by atoms with Crippen molar-refractivity contribution in [3.63, 3.8) is 0 Å². The van der Waals surface area contributed by atoms with Gasteiger partial charge in [0.25, 0.3) is 5.91 Å². The lowest BCUT2D eigenvalue weighted by Crippen LogP contribution is -2.12. The van der Waals surface area contributed by atoms with Crippen LogP contribution in [0.5, 0.6) is 0 Å². The van der Waals surface area contributed by atoms with Gasteiger partial charge in [-0.1, -0.05) is 23.8 Å². The number of amides is 1. The normalized spacial score (nSPS) is 13.1. The molecule has 1 amide bonds. The number of benzene rings is 2. The van der Waals surface area contributed by atoms with E-state index >= 15 is 0 Å². The van der Waals surface area contributed by atoms with Gasteiger partial charge in [-0.05, 0) is 68.7 Å². The Labute approximate surface area is 209 Å². The monoisotopic (exact) mass is 474 g/mol. The van der Waals surface area contributed by atoms with Gasteiger partial charge in [0, 0.05) is 58.9 Å². The van der Waals surface area contributed by atoms with Crippen molar-refractivity contribution in [2.75, 3.05) is 10.6 Å². The lowest BCUT2D eigenvalue weighted by Gasteiger charge is -2.14. The van der Waals surface area contributed by atoms with Crippen molar-refractivity contribution in [1.29, 1.82) is 0 Å². The molecule has 6 rings (SSSR count). The molecule has 1 aliphatic rings. The number of rotatable bonds is 6. The number of nitrogens with one attached hydrogen (secondary N) is 2. The van der Waals surface area contributed by atoms with Crippen LogP contribution in [0.2, 0.25) is 0 Å². The molecule has 0 unspecified atom stereocenters. The molecule has 0 saturated heterocycles. The number of imidazole rings is 1. The summed E-state index contributed by atoms with van der Waals surface area (Å²) in [5.41, 5.74) is 8.00. The Kier molecular flexibility index (Phi) is 5.45. The Balaban J connectivity index is 1.36. The molecule has 2 N–H and O–H groups in total. The molecule has 3 heterocycles. The molecule has 0 atom stereocenters. The molecule has 1 aliphatic carbocycles. The maximum Gasteiger partial charge on any atom is 0.255 e. The minimum atomic E-state index is -0.144. The van der Waals surface area contributed by atoms with E-state index in [0.29, 0.717) is 23.0 Å². The van der Waals surface area contributed by atoms with Crippen LogP contribution < -0.4 is 10.6 Å². The summed E-state index contributed by atoms with van der Waals surface area (Å²) in [6.07, 6.45) is 9.94. The Morgan fingerprint density at radius 1 is 1.03 bits per heavy atom. The van der Waals surface area contributed by atoms with Crippen molar-refractivity contribution in [2.24, 2.45) is 0 Å². The smallest absolute Gasteiger partial charge is 0.255 e. The molecular weight excluding hydrogens is 448 g/mol. The Hall–Kier alpha value is -4.52. The first-order valence-electron chi connectivity index (χ1n) is 12.1. The predicted octanol–water partition coefficient (Wildman–Crippen LogP) is 6.28. The quantitative estimate of drug-likeness (QED) is 0.302. The fourth-order valence-corrected chi connectivity index (χ4v) is 4.38. The highest BCUT2D eigenvalue weighted by Gasteiger charge is 2.28. The van der Waals surface area contributed by atoms with E-state index in [2.05, 4.69) is 20.0 Å². The third kappa shape index (κ3) is 4.31. The fraction of sp³-hybridized carbons (Fsp3) is 0.172. The zero-order valence-electron chi connectivity index (χ0n) is 20.2. The van der Waals surface area contributed by atoms with Gasteiger partial charge in [0.05, 0.1) is 5.69 Å². The largest absolute Gasteiger partial charge is 0.337 e. The molecule has 36 heavy (non-hydrogen) atoms. The molecule has 1 saturated carbocycles. The fourth-order valence-electron chi connectivity index (χ4n) is 4.38. The first kappa shape index (κ1) is 22.0. The molecule has 2 aromatic carbocycles. The number of hydrogen-bond acceptors (Lipinski definition) is 5. The number of carbonyl (C=O) groups is 1. The standard InChI is InChI=1S/C29H26N6O/c1-18-5-3-6-21(13-18)29(36)32-23-11-8-19(2)24(14-23)33-27-28-31-16-26(20-9-10-20)35(28)17-25(34-27)22-7-4-12-30-15-22/h3-8,11-17,20H,9-10H2,1-2H3,(H,32,36)(H,33,34). The van der Waals surface area contributed by atoms with Crippen molar-refractivity contribution in [3.05, 3.63) is 102 Å². The lowest BCUT2D eigenvalue weighted by molar-refractivity contribution is 0.102. The van der Waals surface area contributed by atoms with Crippen LogP contribution in [-0.2, 0) is 0 Å². The van der Waals surface area contributed by atoms with Crippen LogP contribution >= 0.6 is 0 Å². The molecule has 7 heteroatoms. The van der Waals surface area contributed by atoms with Crippen LogP contribution in [0.3, 0.4) is 0 Å². The number of aryl methyl sites for hydroxylation is 2. The molecule has 178 valence electrons. The van der Waals surface area contributed by atoms with E-state index in [1.54, 1.807) is 6.20 Å². The number of anilines is 3. The van der Waals surface area contributed by atoms with Crippen molar-refractivity contribution in [2.45, 2.75) is 32.6 Å². The van der Waals surface area contributed by atoms with E-state index in [4.69, 9.17) is 9.97 Å². The summed E-state index contributed by atoms with van der Waals surface area (Å²) in [4.78, 5) is 26.7. The Morgan fingerprint density at radius 3 is 2.69 bits per heavy atom. The highest BCUT2D eigenvalue weighted by atomic mass is 16.1. The molecule has 5 aromatic rings. The Morgan fingerprint density at radius 2 is 1.92 bits per heavy atom. The van der Waals surface area contributed by atoms with Gasteiger partial charge in [0.1, 0.15) is 0 Å². The van der Waals surface area contributed by atoms with E-state index in [1.807, 2.05) is 87.0 Å². The van der Waals surface area contributed by atoms with E-state index in [1.165, 1.54) is 18.5 Å². The maximum atomic E-state index is 12.8. The summed E-state index contributed by atoms with van der Waals surface area (Å²) in [6, 6.07) is 17.3. The number of carbonyl (C=O) groups excluding carboxylic acids is 1. The summed E-state index contributed by atoms with van der Waals surface area (Å²) in [7, 11) is 0. The zero-order chi connectivity index (χ0) is 24.6. The third-order valence-corrected chi connectivity index (χ3v) is 6.50. The van der Waals surface area contributed by atoms with Crippen LogP contribution in [0.15, 0.2) is 79.4 Å². The second-order valence-electron chi connectivity index (χ2n) is 9.35. The van der Waals surface area contributed by atoms with E-state index in [-0.39, 0.29) is 5.91 Å². The average Bonchev–Trinajstić information content (AvgIpc) is 3.65. The van der Waals surface area contributed by atoms with Crippen molar-refractivity contribution < 1.29 is 4.79 Å². The molecule has 0 radical (unpaired) electrons. The molecule has 0 bridgehead atoms. The molecular formula is C29H26N6O. The van der Waals surface area contributed by atoms with Gasteiger partial charge in [-0.3, -0.25) is 14.2 Å². The minimum Gasteiger partial charge on any atom is -0.337 e. The average molecular weight is 475 g/mol. The lowest BCUT2D eigenvalue weighted by atomic mass is 10.1. The van der Waals surface area contributed by atoms with E-state index in [9.17, 15) is 4.79 Å². The second kappa shape index (κ2) is 8.92. The zero-order valence-corrected chi connectivity index (χ0v) is 20.2. The van der Waals surface area contributed by atoms with Crippen LogP contribution in [0.25, 0.3) is 16.9 Å². The van der Waals surface area contributed by atoms with Gasteiger partial charge in [-0.15, -0.1) is 0 Å². The summed E-state index contributed by atoms with van der Waals surface area (Å²) in [5, 5.41) is 6.51. The summed E-state index contributed by atoms with van der Waals surface area (Å²) in [6.45, 7) is 4.00. The molecule has 3 aromatic heterocycles. The van der Waals surface area contributed by atoms with Gasteiger partial charge < -0.3 is 10.6 Å². The highest BCUT2D eigenvalue weighted by molar-refractivity contribution is 6.04. The van der Waals surface area contributed by atoms with Crippen LogP contribution in [-0.4, -0.2) is 25.3 Å². The highest BCUT2D eigenvalue weighted by Crippen LogP contribution is 2.41. The SMILES string of the molecule is Cc1cccc(C(=O)Nc2ccc(C)c(Nc3nc(-c4cccnc4)cn4c(C5CC5)cnc34)c2)c1. The van der Waals surface area contributed by atoms with Gasteiger partial charge in [0.2, 0.25) is 0 Å². The van der Waals surface area contributed by atoms with Crippen molar-refractivity contribution >= 4 is 28.7 Å². The van der Waals surface area contributed by atoms with Crippen molar-refractivity contribution in [3.8, 4) is 11.3 Å². The van der Waals surface area contributed by atoms with E-state index in [0.717, 1.165) is 33.7 Å². The number of pyridine rings is 1. The van der Waals surface area contributed by atoms with Gasteiger partial charge in [-0.25, -0.2) is 9.97 Å². The maximum absolute atomic E-state index is 12.8. The first-order chi connectivity index (χ1) is 17.5. The summed E-state index contributed by atoms with van der Waals surface area (Å²) in [5.74, 6) is 1.06. The number of nitrogens with zero attached hydrogens (tertiary/aromatic N) is 4. The number of hydrogen-bond donors (Lipinski definition) is 2. The molecule has 0 aliphatic heterocycles. The molecule has 0 spiro atoms. The molecule has 1 fully saturated rings. The van der Waals surface area contributed by atoms with Crippen LogP contribution in [0.1, 0.15) is 45.9 Å². The van der Waals surface area contributed by atoms with Gasteiger partial charge in [-0.2, -0.15) is 0 Å². The Bertz CT molecular complexity index is 1590.